The normalized spacial score (nSPS) is 16.5. The summed E-state index contributed by atoms with van der Waals surface area (Å²) in [6.45, 7) is 3.12. The third-order valence-corrected chi connectivity index (χ3v) is 11.4. The van der Waals surface area contributed by atoms with Crippen molar-refractivity contribution in [2.75, 3.05) is 59.9 Å². The predicted molar refractivity (Wildman–Crippen MR) is 210 cm³/mol. The molecule has 4 aliphatic heterocycles. The minimum atomic E-state index is -0.624. The minimum Gasteiger partial charge on any atom is -0.497 e. The Kier molecular flexibility index (Phi) is 7.17. The summed E-state index contributed by atoms with van der Waals surface area (Å²) in [4.78, 5) is 89.8. The molecule has 12 nitrogen and oxygen atoms in total. The Labute approximate surface area is 319 Å². The van der Waals surface area contributed by atoms with Gasteiger partial charge >= 0.3 is 0 Å². The first-order valence-electron chi connectivity index (χ1n) is 18.2. The summed E-state index contributed by atoms with van der Waals surface area (Å²) in [5, 5.41) is 2.01. The third-order valence-electron chi connectivity index (χ3n) is 11.4. The first-order chi connectivity index (χ1) is 27.2. The van der Waals surface area contributed by atoms with E-state index in [1.807, 2.05) is 30.3 Å². The molecule has 0 atom stereocenters. The maximum absolute atomic E-state index is 14.1. The maximum atomic E-state index is 14.1. The monoisotopic (exact) mass is 741 g/mol. The summed E-state index contributed by atoms with van der Waals surface area (Å²) in [5.74, 6) is -2.41. The molecule has 1 fully saturated rings. The lowest BCUT2D eigenvalue weighted by Gasteiger charge is -2.38. The molecule has 56 heavy (non-hydrogen) atoms. The zero-order chi connectivity index (χ0) is 38.6. The first kappa shape index (κ1) is 33.2. The molecular formula is C44H31N5O7. The van der Waals surface area contributed by atoms with Crippen molar-refractivity contribution in [3.05, 3.63) is 137 Å². The van der Waals surface area contributed by atoms with Crippen LogP contribution in [-0.4, -0.2) is 80.7 Å². The molecule has 0 bridgehead atoms. The molecule has 0 spiro atoms. The Bertz CT molecular complexity index is 2700. The van der Waals surface area contributed by atoms with Crippen LogP contribution in [0.3, 0.4) is 0 Å². The Balaban J connectivity index is 0.930. The van der Waals surface area contributed by atoms with Crippen LogP contribution in [0.2, 0.25) is 0 Å². The van der Waals surface area contributed by atoms with Gasteiger partial charge in [0.15, 0.2) is 0 Å². The number of carbonyl (C=O) groups is 6. The number of imide groups is 3. The van der Waals surface area contributed by atoms with Gasteiger partial charge in [0.1, 0.15) is 5.75 Å². The third kappa shape index (κ3) is 4.58. The molecule has 0 unspecified atom stereocenters. The SMILES string of the molecule is COc1ccc(N2CCN(c3ccc4c5c(cccc35)C(=O)N(c3ccc(N5C(=O)c6ccc7c8c(ccc(c68)C5=O)C(=O)N(C)C7=O)cc3)C4=O)CC2)cc1. The Morgan fingerprint density at radius 2 is 0.839 bits per heavy atom. The van der Waals surface area contributed by atoms with Gasteiger partial charge in [0.25, 0.3) is 35.4 Å². The largest absolute Gasteiger partial charge is 0.497 e. The number of methoxy groups -OCH3 is 1. The summed E-state index contributed by atoms with van der Waals surface area (Å²) < 4.78 is 5.30. The van der Waals surface area contributed by atoms with Gasteiger partial charge in [0, 0.05) is 99.5 Å². The molecule has 4 heterocycles. The van der Waals surface area contributed by atoms with Gasteiger partial charge in [-0.2, -0.15) is 0 Å². The average Bonchev–Trinajstić information content (AvgIpc) is 3.23. The molecule has 10 rings (SSSR count). The molecule has 0 aliphatic carbocycles. The second kappa shape index (κ2) is 12.1. The molecule has 0 N–H and O–H groups in total. The van der Waals surface area contributed by atoms with Gasteiger partial charge in [-0.25, -0.2) is 9.80 Å². The fourth-order valence-corrected chi connectivity index (χ4v) is 8.57. The molecule has 12 heteroatoms. The lowest BCUT2D eigenvalue weighted by atomic mass is 9.86. The zero-order valence-corrected chi connectivity index (χ0v) is 30.2. The fourth-order valence-electron chi connectivity index (χ4n) is 8.57. The van der Waals surface area contributed by atoms with Crippen molar-refractivity contribution in [2.24, 2.45) is 0 Å². The van der Waals surface area contributed by atoms with Gasteiger partial charge in [0.05, 0.1) is 18.5 Å². The van der Waals surface area contributed by atoms with Crippen molar-refractivity contribution in [2.45, 2.75) is 0 Å². The van der Waals surface area contributed by atoms with E-state index in [9.17, 15) is 28.8 Å². The second-order valence-electron chi connectivity index (χ2n) is 14.2. The quantitative estimate of drug-likeness (QED) is 0.191. The Hall–Kier alpha value is -7.34. The van der Waals surface area contributed by atoms with Crippen LogP contribution in [0, 0.1) is 0 Å². The number of carbonyl (C=O) groups excluding carboxylic acids is 6. The standard InChI is InChI=1S/C44H31N5O7/c1-45-39(50)31-14-16-33-38-34(17-15-32(37(31)38)40(45)51)44(55)49(43(33)54)26-8-6-25(7-9-26)48-41(52)29-5-3-4-28-35(19-18-30(36(28)29)42(48)53)47-22-20-46(21-23-47)24-10-12-27(56-2)13-11-24/h3-19H,20-23H2,1-2H3. The van der Waals surface area contributed by atoms with Crippen molar-refractivity contribution < 1.29 is 33.5 Å². The summed E-state index contributed by atoms with van der Waals surface area (Å²) in [5.41, 5.74) is 4.25. The van der Waals surface area contributed by atoms with Crippen LogP contribution in [0.1, 0.15) is 62.1 Å². The van der Waals surface area contributed by atoms with E-state index in [2.05, 4.69) is 21.9 Å². The van der Waals surface area contributed by atoms with Crippen molar-refractivity contribution in [1.29, 1.82) is 0 Å². The van der Waals surface area contributed by atoms with E-state index < -0.39 is 35.4 Å². The first-order valence-corrected chi connectivity index (χ1v) is 18.2. The van der Waals surface area contributed by atoms with E-state index in [0.29, 0.717) is 21.9 Å². The predicted octanol–water partition coefficient (Wildman–Crippen LogP) is 6.16. The number of piperazine rings is 1. The van der Waals surface area contributed by atoms with E-state index in [1.54, 1.807) is 19.2 Å². The molecule has 1 saturated heterocycles. The number of rotatable bonds is 5. The van der Waals surface area contributed by atoms with Gasteiger partial charge in [-0.05, 0) is 91.0 Å². The number of nitrogens with zero attached hydrogens (tertiary/aromatic N) is 5. The highest BCUT2D eigenvalue weighted by Crippen LogP contribution is 2.41. The van der Waals surface area contributed by atoms with E-state index in [0.717, 1.165) is 63.4 Å². The van der Waals surface area contributed by atoms with Crippen LogP contribution in [0.25, 0.3) is 21.5 Å². The molecular weight excluding hydrogens is 711 g/mol. The molecule has 274 valence electrons. The molecule has 6 amide bonds. The van der Waals surface area contributed by atoms with E-state index >= 15 is 0 Å². The lowest BCUT2D eigenvalue weighted by molar-refractivity contribution is 0.0648. The van der Waals surface area contributed by atoms with Gasteiger partial charge in [-0.3, -0.25) is 33.7 Å². The van der Waals surface area contributed by atoms with Gasteiger partial charge in [0.2, 0.25) is 0 Å². The lowest BCUT2D eigenvalue weighted by Crippen LogP contribution is -2.46. The number of hydrogen-bond acceptors (Lipinski definition) is 9. The van der Waals surface area contributed by atoms with Crippen LogP contribution in [0.15, 0.2) is 103 Å². The van der Waals surface area contributed by atoms with Crippen LogP contribution >= 0.6 is 0 Å². The highest BCUT2D eigenvalue weighted by Gasteiger charge is 2.40. The van der Waals surface area contributed by atoms with E-state index in [4.69, 9.17) is 4.74 Å². The maximum Gasteiger partial charge on any atom is 0.265 e. The highest BCUT2D eigenvalue weighted by molar-refractivity contribution is 6.40. The molecule has 0 radical (unpaired) electrons. The Morgan fingerprint density at radius 3 is 1.34 bits per heavy atom. The topological polar surface area (TPSA) is 128 Å². The molecule has 6 aromatic carbocycles. The van der Waals surface area contributed by atoms with Gasteiger partial charge in [-0.1, -0.05) is 12.1 Å². The number of benzene rings is 6. The summed E-state index contributed by atoms with van der Waals surface area (Å²) >= 11 is 0. The summed E-state index contributed by atoms with van der Waals surface area (Å²) in [7, 11) is 3.04. The van der Waals surface area contributed by atoms with Crippen LogP contribution < -0.4 is 24.3 Å². The van der Waals surface area contributed by atoms with Gasteiger partial charge in [-0.15, -0.1) is 0 Å². The van der Waals surface area contributed by atoms with Crippen molar-refractivity contribution in [3.8, 4) is 5.75 Å². The molecule has 0 aromatic heterocycles. The van der Waals surface area contributed by atoms with E-state index in [-0.39, 0.29) is 39.0 Å². The van der Waals surface area contributed by atoms with Gasteiger partial charge < -0.3 is 14.5 Å². The summed E-state index contributed by atoms with van der Waals surface area (Å²) in [6, 6.07) is 29.4. The Morgan fingerprint density at radius 1 is 0.429 bits per heavy atom. The van der Waals surface area contributed by atoms with Crippen LogP contribution in [0.4, 0.5) is 22.7 Å². The highest BCUT2D eigenvalue weighted by atomic mass is 16.5. The molecule has 4 aliphatic rings. The van der Waals surface area contributed by atoms with Crippen LogP contribution in [-0.2, 0) is 0 Å². The van der Waals surface area contributed by atoms with Crippen molar-refractivity contribution in [3.63, 3.8) is 0 Å². The number of ether oxygens (including phenoxy) is 1. The smallest absolute Gasteiger partial charge is 0.265 e. The zero-order valence-electron chi connectivity index (χ0n) is 30.2. The summed E-state index contributed by atoms with van der Waals surface area (Å²) in [6.07, 6.45) is 0. The fraction of sp³-hybridized carbons (Fsp3) is 0.136. The number of amides is 6. The number of anilines is 4. The van der Waals surface area contributed by atoms with Crippen molar-refractivity contribution >= 4 is 79.7 Å². The van der Waals surface area contributed by atoms with E-state index in [1.165, 1.54) is 55.6 Å². The number of hydrogen-bond donors (Lipinski definition) is 0. The molecule has 6 aromatic rings. The van der Waals surface area contributed by atoms with Crippen LogP contribution in [0.5, 0.6) is 5.75 Å². The minimum absolute atomic E-state index is 0.180. The molecule has 0 saturated carbocycles. The van der Waals surface area contributed by atoms with Crippen molar-refractivity contribution in [1.82, 2.24) is 4.90 Å². The average molecular weight is 742 g/mol. The second-order valence-corrected chi connectivity index (χ2v) is 14.2.